The van der Waals surface area contributed by atoms with Gasteiger partial charge in [-0.1, -0.05) is 267 Å². The summed E-state index contributed by atoms with van der Waals surface area (Å²) in [4.78, 5) is 54.0. The van der Waals surface area contributed by atoms with Gasteiger partial charge in [0.15, 0.2) is 23.3 Å². The van der Waals surface area contributed by atoms with E-state index in [4.69, 9.17) is 44.9 Å². The van der Waals surface area contributed by atoms with Crippen molar-refractivity contribution in [2.24, 2.45) is 0 Å². The Bertz CT molecular complexity index is 6580. The topological polar surface area (TPSA) is 142 Å². The average Bonchev–Trinajstić information content (AvgIpc) is 0.920. The summed E-state index contributed by atoms with van der Waals surface area (Å²) in [5, 5.41) is 8.99. The molecule has 0 saturated heterocycles. The molecule has 20 aromatic rings. The minimum Gasteiger partial charge on any atom is -0.264 e. The van der Waals surface area contributed by atoms with Crippen LogP contribution in [0.5, 0.6) is 0 Å². The molecule has 8 heterocycles. The Morgan fingerprint density at radius 3 is 1.01 bits per heavy atom. The van der Waals surface area contributed by atoms with Crippen LogP contribution in [0.1, 0.15) is 22.5 Å². The molecule has 0 aliphatic heterocycles. The van der Waals surface area contributed by atoms with Gasteiger partial charge in [0.05, 0.1) is 44.8 Å². The fraction of sp³-hybridized carbons (Fsp3) is 0.0396. The molecule has 11 nitrogen and oxygen atoms in total. The minimum atomic E-state index is 0.616. The molecule has 0 radical (unpaired) electrons. The smallest absolute Gasteiger partial charge is 0.164 e. The summed E-state index contributed by atoms with van der Waals surface area (Å²) in [5.41, 5.74) is 28.6. The summed E-state index contributed by atoms with van der Waals surface area (Å²) in [6.45, 7) is 8.34. The van der Waals surface area contributed by atoms with Gasteiger partial charge >= 0.3 is 0 Å². The van der Waals surface area contributed by atoms with Gasteiger partial charge in [0.1, 0.15) is 0 Å². The Morgan fingerprint density at radius 1 is 0.188 bits per heavy atom. The molecule has 0 unspecified atom stereocenters. The van der Waals surface area contributed by atoms with Crippen molar-refractivity contribution in [1.82, 2.24) is 54.8 Å². The lowest BCUT2D eigenvalue weighted by Crippen LogP contribution is -2.00. The highest BCUT2D eigenvalue weighted by Gasteiger charge is 2.19. The molecule has 0 atom stereocenters. The number of aryl methyl sites for hydroxylation is 4. The summed E-state index contributed by atoms with van der Waals surface area (Å²) in [6.07, 6.45) is 7.53. The van der Waals surface area contributed by atoms with Crippen molar-refractivity contribution in [1.29, 1.82) is 0 Å². The molecule has 12 aromatic carbocycles. The van der Waals surface area contributed by atoms with Crippen molar-refractivity contribution in [2.45, 2.75) is 27.7 Å². The Labute approximate surface area is 647 Å². The van der Waals surface area contributed by atoms with E-state index in [-0.39, 0.29) is 0 Å². The van der Waals surface area contributed by atoms with E-state index in [0.29, 0.717) is 23.3 Å². The lowest BCUT2D eigenvalue weighted by molar-refractivity contribution is 1.07. The first-order valence-corrected chi connectivity index (χ1v) is 37.5. The zero-order valence-corrected chi connectivity index (χ0v) is 61.8. The predicted octanol–water partition coefficient (Wildman–Crippen LogP) is 24.9. The van der Waals surface area contributed by atoms with Crippen molar-refractivity contribution in [3.8, 4) is 135 Å². The Morgan fingerprint density at radius 2 is 0.536 bits per heavy atom. The van der Waals surface area contributed by atoms with Crippen LogP contribution in [0.3, 0.4) is 0 Å². The van der Waals surface area contributed by atoms with Crippen LogP contribution >= 0.6 is 0 Å². The van der Waals surface area contributed by atoms with Crippen molar-refractivity contribution >= 4 is 65.2 Å². The van der Waals surface area contributed by atoms with E-state index in [1.54, 1.807) is 0 Å². The summed E-state index contributed by atoms with van der Waals surface area (Å²) in [7, 11) is 0. The van der Waals surface area contributed by atoms with Crippen molar-refractivity contribution in [3.05, 3.63) is 369 Å². The van der Waals surface area contributed by atoms with Crippen LogP contribution in [0.25, 0.3) is 200 Å². The van der Waals surface area contributed by atoms with Crippen molar-refractivity contribution < 1.29 is 0 Å². The molecule has 112 heavy (non-hydrogen) atoms. The van der Waals surface area contributed by atoms with Crippen LogP contribution in [0.15, 0.2) is 346 Å². The molecule has 0 aliphatic rings. The summed E-state index contributed by atoms with van der Waals surface area (Å²) >= 11 is 0. The lowest BCUT2D eigenvalue weighted by atomic mass is 9.97. The normalized spacial score (nSPS) is 11.4. The number of hydrogen-bond donors (Lipinski definition) is 0. The number of aromatic nitrogens is 11. The molecule has 0 bridgehead atoms. The number of nitrogens with zero attached hydrogens (tertiary/aromatic N) is 11. The second-order valence-corrected chi connectivity index (χ2v) is 28.4. The fourth-order valence-electron chi connectivity index (χ4n) is 15.3. The third-order valence-corrected chi connectivity index (χ3v) is 21.0. The van der Waals surface area contributed by atoms with E-state index in [0.717, 1.165) is 188 Å². The highest BCUT2D eigenvalue weighted by molar-refractivity contribution is 6.06. The van der Waals surface area contributed by atoms with Crippen molar-refractivity contribution in [3.63, 3.8) is 0 Å². The van der Waals surface area contributed by atoms with Crippen molar-refractivity contribution in [2.75, 3.05) is 0 Å². The van der Waals surface area contributed by atoms with Gasteiger partial charge in [-0.3, -0.25) is 19.9 Å². The van der Waals surface area contributed by atoms with Crippen LogP contribution in [0.4, 0.5) is 0 Å². The minimum absolute atomic E-state index is 0.616. The molecule has 0 saturated carbocycles. The van der Waals surface area contributed by atoms with E-state index in [1.807, 2.05) is 93.2 Å². The highest BCUT2D eigenvalue weighted by atomic mass is 15.0. The highest BCUT2D eigenvalue weighted by Crippen LogP contribution is 2.39. The van der Waals surface area contributed by atoms with Crippen LogP contribution in [-0.4, -0.2) is 54.8 Å². The molecule has 0 aliphatic carbocycles. The maximum Gasteiger partial charge on any atom is 0.164 e. The van der Waals surface area contributed by atoms with Gasteiger partial charge in [-0.25, -0.2) is 34.9 Å². The molecule has 11 heteroatoms. The third-order valence-electron chi connectivity index (χ3n) is 21.0. The third kappa shape index (κ3) is 13.4. The molecular formula is C101H69N11. The zero-order valence-electron chi connectivity index (χ0n) is 61.8. The van der Waals surface area contributed by atoms with Crippen LogP contribution < -0.4 is 0 Å². The summed E-state index contributed by atoms with van der Waals surface area (Å²) < 4.78 is 0. The first kappa shape index (κ1) is 67.8. The number of hydrogen-bond acceptors (Lipinski definition) is 11. The molecule has 0 amide bonds. The molecular weight excluding hydrogens is 1370 g/mol. The van der Waals surface area contributed by atoms with Crippen LogP contribution in [0, 0.1) is 27.7 Å². The predicted molar refractivity (Wildman–Crippen MR) is 458 cm³/mol. The van der Waals surface area contributed by atoms with Crippen LogP contribution in [-0.2, 0) is 0 Å². The largest absolute Gasteiger partial charge is 0.264 e. The second-order valence-electron chi connectivity index (χ2n) is 28.4. The van der Waals surface area contributed by atoms with Gasteiger partial charge in [0.25, 0.3) is 0 Å². The number of benzene rings is 12. The van der Waals surface area contributed by atoms with Gasteiger partial charge in [-0.2, -0.15) is 0 Å². The van der Waals surface area contributed by atoms with Gasteiger partial charge in [0.2, 0.25) is 0 Å². The standard InChI is InChI=1S/C51H35N5.C50H34N6/c1-32-28-33(2)53-50-43(32)24-22-39-23-25-46(54-49(39)50)38-18-14-34(15-19-38)35-16-20-40(21-17-35)51-55-47(37-8-4-3-5-9-37)30-48(56-51)42-12-6-11-41(29-42)44-13-7-10-36-26-27-52-31-45(36)44;1-31-28-32(2)52-47-42(31)24-22-37-23-25-45(53-46(37)47)36-18-14-33(15-19-36)34-16-20-39(21-17-34)49-54-48(38-8-4-3-5-9-38)55-50(56-49)41-12-6-11-40(29-41)43-13-7-10-35-26-27-51-30-44(35)43/h3-31H,1-2H3;3-30H,1-2H3. The molecule has 0 N–H and O–H groups in total. The number of pyridine rings is 6. The van der Waals surface area contributed by atoms with E-state index >= 15 is 0 Å². The Kier molecular flexibility index (Phi) is 17.6. The zero-order chi connectivity index (χ0) is 75.2. The SMILES string of the molecule is Cc1cc(C)c2ccc3ccc(-c4ccc(-c5ccc(-c6nc(-c7ccccc7)cc(-c7cccc(-c8cccc9ccncc89)c7)n6)cc5)cc4)nc3c2n1.Cc1cc(C)c2ccc3ccc(-c4ccc(-c5ccc(-c6nc(-c7ccccc7)nc(-c7cccc(-c8cccc9ccncc89)c7)n6)cc5)cc4)nc3c2n1. The Balaban J connectivity index is 0.000000151. The van der Waals surface area contributed by atoms with E-state index in [2.05, 4.69) is 291 Å². The monoisotopic (exact) mass is 1440 g/mol. The summed E-state index contributed by atoms with van der Waals surface area (Å²) in [6, 6.07) is 112. The molecule has 20 rings (SSSR count). The van der Waals surface area contributed by atoms with Crippen LogP contribution in [0.2, 0.25) is 0 Å². The maximum absolute atomic E-state index is 5.16. The number of rotatable bonds is 12. The molecule has 0 fully saturated rings. The second kappa shape index (κ2) is 29.1. The first-order valence-electron chi connectivity index (χ1n) is 37.5. The first-order chi connectivity index (χ1) is 55.1. The molecule has 8 aromatic heterocycles. The maximum atomic E-state index is 5.16. The van der Waals surface area contributed by atoms with Gasteiger partial charge in [-0.15, -0.1) is 0 Å². The van der Waals surface area contributed by atoms with Gasteiger partial charge in [0, 0.05) is 113 Å². The molecule has 528 valence electrons. The fourth-order valence-corrected chi connectivity index (χ4v) is 15.3. The molecule has 0 spiro atoms. The van der Waals surface area contributed by atoms with Gasteiger partial charge < -0.3 is 0 Å². The number of fused-ring (bicyclic) bond motifs is 8. The van der Waals surface area contributed by atoms with Gasteiger partial charge in [-0.05, 0) is 149 Å². The quantitative estimate of drug-likeness (QED) is 0.108. The summed E-state index contributed by atoms with van der Waals surface area (Å²) in [5.74, 6) is 2.54. The average molecular weight is 1440 g/mol. The van der Waals surface area contributed by atoms with E-state index in [1.165, 1.54) is 11.1 Å². The van der Waals surface area contributed by atoms with E-state index < -0.39 is 0 Å². The van der Waals surface area contributed by atoms with E-state index in [9.17, 15) is 0 Å². The Hall–Kier alpha value is -14.8. The lowest BCUT2D eigenvalue weighted by Gasteiger charge is -2.12.